The predicted molar refractivity (Wildman–Crippen MR) is 188 cm³/mol. The lowest BCUT2D eigenvalue weighted by atomic mass is 9.68. The number of nitrogens with zero attached hydrogens (tertiary/aromatic N) is 4. The Morgan fingerprint density at radius 3 is 2.19 bits per heavy atom. The van der Waals surface area contributed by atoms with Crippen LogP contribution in [0.15, 0.2) is 36.7 Å². The first-order valence-corrected chi connectivity index (χ1v) is 18.8. The van der Waals surface area contributed by atoms with Crippen LogP contribution in [0.2, 0.25) is 0 Å². The van der Waals surface area contributed by atoms with Gasteiger partial charge in [0.05, 0.1) is 36.4 Å². The zero-order valence-corrected chi connectivity index (χ0v) is 31.1. The fraction of sp³-hybridized carbons (Fsp3) is 0.625. The Kier molecular flexibility index (Phi) is 10.4. The summed E-state index contributed by atoms with van der Waals surface area (Å²) in [6.45, 7) is 9.49. The maximum Gasteiger partial charge on any atom is 0.416 e. The van der Waals surface area contributed by atoms with Crippen LogP contribution in [0.3, 0.4) is 0 Å². The van der Waals surface area contributed by atoms with Gasteiger partial charge in [-0.25, -0.2) is 23.1 Å². The van der Waals surface area contributed by atoms with Gasteiger partial charge in [-0.2, -0.15) is 13.2 Å². The summed E-state index contributed by atoms with van der Waals surface area (Å²) in [5, 5.41) is 11.6. The van der Waals surface area contributed by atoms with E-state index in [9.17, 15) is 27.1 Å². The van der Waals surface area contributed by atoms with Gasteiger partial charge in [-0.05, 0) is 87.0 Å². The lowest BCUT2D eigenvalue weighted by molar-refractivity contribution is -0.141. The monoisotopic (exact) mass is 762 g/mol. The van der Waals surface area contributed by atoms with Crippen molar-refractivity contribution in [1.29, 1.82) is 0 Å². The minimum Gasteiger partial charge on any atom is -0.488 e. The summed E-state index contributed by atoms with van der Waals surface area (Å²) in [7, 11) is 0. The highest BCUT2D eigenvalue weighted by Crippen LogP contribution is 2.52. The Bertz CT molecular complexity index is 1790. The summed E-state index contributed by atoms with van der Waals surface area (Å²) in [6, 6.07) is 3.99. The Hall–Kier alpha value is -3.49. The lowest BCUT2D eigenvalue weighted by Gasteiger charge is -2.41. The van der Waals surface area contributed by atoms with E-state index in [0.29, 0.717) is 79.6 Å². The zero-order chi connectivity index (χ0) is 38.6. The molecule has 3 aromatic rings. The number of piperidine rings is 1. The topological polar surface area (TPSA) is 89.8 Å². The number of ether oxygens (including phenoxy) is 3. The molecule has 1 aromatic carbocycles. The Balaban J connectivity index is 1.20. The largest absolute Gasteiger partial charge is 0.488 e. The van der Waals surface area contributed by atoms with Crippen molar-refractivity contribution in [1.82, 2.24) is 15.0 Å². The number of hydrogen-bond acceptors (Lipinski definition) is 8. The van der Waals surface area contributed by atoms with Gasteiger partial charge in [0.2, 0.25) is 11.9 Å². The van der Waals surface area contributed by atoms with Gasteiger partial charge in [0.1, 0.15) is 12.7 Å². The van der Waals surface area contributed by atoms with E-state index in [0.717, 1.165) is 24.3 Å². The van der Waals surface area contributed by atoms with Crippen LogP contribution in [0.5, 0.6) is 5.75 Å². The second-order valence-electron chi connectivity index (χ2n) is 16.6. The van der Waals surface area contributed by atoms with Crippen LogP contribution >= 0.6 is 0 Å². The van der Waals surface area contributed by atoms with Gasteiger partial charge in [-0.3, -0.25) is 4.98 Å². The number of rotatable bonds is 8. The van der Waals surface area contributed by atoms with Crippen LogP contribution in [0, 0.1) is 5.41 Å². The first-order valence-electron chi connectivity index (χ1n) is 18.8. The molecule has 1 N–H and O–H groups in total. The second kappa shape index (κ2) is 14.5. The molecule has 54 heavy (non-hydrogen) atoms. The number of aliphatic hydroxyl groups is 1. The second-order valence-corrected chi connectivity index (χ2v) is 16.6. The van der Waals surface area contributed by atoms with E-state index in [2.05, 4.69) is 9.97 Å². The summed E-state index contributed by atoms with van der Waals surface area (Å²) in [4.78, 5) is 16.2. The molecule has 0 amide bonds. The molecule has 4 heterocycles. The van der Waals surface area contributed by atoms with Gasteiger partial charge < -0.3 is 24.2 Å². The third-order valence-corrected chi connectivity index (χ3v) is 11.3. The molecule has 1 unspecified atom stereocenters. The number of halogens is 6. The van der Waals surface area contributed by atoms with Crippen LogP contribution in [-0.4, -0.2) is 64.2 Å². The fourth-order valence-corrected chi connectivity index (χ4v) is 8.65. The molecule has 0 spiro atoms. The van der Waals surface area contributed by atoms with Crippen molar-refractivity contribution >= 4 is 5.95 Å². The number of pyridine rings is 1. The standard InChI is InChI=1S/C40H48F6N4O4/c1-37(2)17-29-32(30(51)18-37)31(23-9-13-39(42,43)14-10-23)33(34(41)24-5-7-26(8-6-24)40(44,45)46)35(49-29)25-11-15-50(16-12-25)36-47-19-27(20-48-36)52-21-28-22-53-38(3,4)54-28/h5-8,19-20,23,25,28,30,34,51H,9-18,21-22H2,1-4H3/t28-,30+,34?/m1/s1. The van der Waals surface area contributed by atoms with Gasteiger partial charge in [-0.15, -0.1) is 0 Å². The number of fused-ring (bicyclic) bond motifs is 1. The molecule has 3 fully saturated rings. The molecule has 2 saturated heterocycles. The number of benzene rings is 1. The molecule has 4 aliphatic rings. The molecular formula is C40H48F6N4O4. The minimum absolute atomic E-state index is 0.0166. The Morgan fingerprint density at radius 2 is 1.59 bits per heavy atom. The van der Waals surface area contributed by atoms with Gasteiger partial charge in [0.25, 0.3) is 0 Å². The molecule has 8 nitrogen and oxygen atoms in total. The van der Waals surface area contributed by atoms with Gasteiger partial charge in [-0.1, -0.05) is 26.0 Å². The predicted octanol–water partition coefficient (Wildman–Crippen LogP) is 9.16. The van der Waals surface area contributed by atoms with Crippen molar-refractivity contribution in [2.24, 2.45) is 5.41 Å². The number of alkyl halides is 6. The Labute approximate surface area is 311 Å². The van der Waals surface area contributed by atoms with Crippen LogP contribution in [0.4, 0.5) is 32.3 Å². The van der Waals surface area contributed by atoms with E-state index < -0.39 is 41.6 Å². The highest BCUT2D eigenvalue weighted by Gasteiger charge is 2.44. The van der Waals surface area contributed by atoms with E-state index in [1.165, 1.54) is 0 Å². The van der Waals surface area contributed by atoms with E-state index in [-0.39, 0.29) is 60.9 Å². The highest BCUT2D eigenvalue weighted by atomic mass is 19.4. The van der Waals surface area contributed by atoms with Gasteiger partial charge in [0, 0.05) is 48.7 Å². The average molecular weight is 763 g/mol. The quantitative estimate of drug-likeness (QED) is 0.228. The van der Waals surface area contributed by atoms with E-state index in [1.54, 1.807) is 12.4 Å². The van der Waals surface area contributed by atoms with Gasteiger partial charge in [0.15, 0.2) is 17.7 Å². The molecule has 0 radical (unpaired) electrons. The molecule has 294 valence electrons. The lowest BCUT2D eigenvalue weighted by Crippen LogP contribution is -2.36. The van der Waals surface area contributed by atoms with Crippen molar-refractivity contribution in [3.63, 3.8) is 0 Å². The molecule has 1 saturated carbocycles. The summed E-state index contributed by atoms with van der Waals surface area (Å²) >= 11 is 0. The average Bonchev–Trinajstić information content (AvgIpc) is 3.47. The number of aliphatic hydroxyl groups excluding tert-OH is 1. The van der Waals surface area contributed by atoms with Gasteiger partial charge >= 0.3 is 6.18 Å². The highest BCUT2D eigenvalue weighted by molar-refractivity contribution is 5.51. The summed E-state index contributed by atoms with van der Waals surface area (Å²) in [5.41, 5.74) is 1.16. The van der Waals surface area contributed by atoms with E-state index in [1.807, 2.05) is 32.6 Å². The molecule has 7 rings (SSSR count). The summed E-state index contributed by atoms with van der Waals surface area (Å²) in [5.74, 6) is -3.22. The van der Waals surface area contributed by atoms with Crippen LogP contribution in [-0.2, 0) is 22.1 Å². The molecule has 2 aliphatic carbocycles. The zero-order valence-electron chi connectivity index (χ0n) is 31.1. The maximum absolute atomic E-state index is 17.3. The normalized spacial score (nSPS) is 25.0. The SMILES string of the molecule is CC1(C)Cc2nc(C3CCN(c4ncc(OC[C@@H]5COC(C)(C)O5)cn4)CC3)c(C(F)c3ccc(C(F)(F)F)cc3)c(C3CCC(F)(F)CC3)c2[C@@H](O)C1. The molecule has 2 aliphatic heterocycles. The molecular weight excluding hydrogens is 714 g/mol. The molecule has 3 atom stereocenters. The third-order valence-electron chi connectivity index (χ3n) is 11.3. The molecule has 0 bridgehead atoms. The Morgan fingerprint density at radius 1 is 0.944 bits per heavy atom. The van der Waals surface area contributed by atoms with Crippen molar-refractivity contribution in [3.05, 3.63) is 75.9 Å². The van der Waals surface area contributed by atoms with Crippen molar-refractivity contribution in [2.75, 3.05) is 31.2 Å². The van der Waals surface area contributed by atoms with Crippen LogP contribution < -0.4 is 9.64 Å². The number of anilines is 1. The van der Waals surface area contributed by atoms with Crippen molar-refractivity contribution in [2.45, 2.75) is 127 Å². The first kappa shape index (κ1) is 38.8. The smallest absolute Gasteiger partial charge is 0.416 e. The molecule has 14 heteroatoms. The van der Waals surface area contributed by atoms with E-state index >= 15 is 4.39 Å². The van der Waals surface area contributed by atoms with Crippen LogP contribution in [0.25, 0.3) is 0 Å². The van der Waals surface area contributed by atoms with E-state index in [4.69, 9.17) is 19.2 Å². The van der Waals surface area contributed by atoms with Crippen molar-refractivity contribution < 1.29 is 45.7 Å². The number of aromatic nitrogens is 3. The first-order chi connectivity index (χ1) is 25.4. The van der Waals surface area contributed by atoms with Crippen LogP contribution in [0.1, 0.15) is 136 Å². The summed E-state index contributed by atoms with van der Waals surface area (Å²) < 4.78 is 104. The number of hydrogen-bond donors (Lipinski definition) is 1. The fourth-order valence-electron chi connectivity index (χ4n) is 8.65. The summed E-state index contributed by atoms with van der Waals surface area (Å²) in [6.07, 6.45) is -3.04. The maximum atomic E-state index is 17.3. The molecule has 2 aromatic heterocycles. The minimum atomic E-state index is -4.60. The third kappa shape index (κ3) is 8.35. The van der Waals surface area contributed by atoms with Crippen molar-refractivity contribution in [3.8, 4) is 5.75 Å².